The minimum atomic E-state index is -0.457. The van der Waals surface area contributed by atoms with Crippen LogP contribution in [0.1, 0.15) is 5.56 Å². The highest BCUT2D eigenvalue weighted by atomic mass is 35.5. The number of hydrogen-bond acceptors (Lipinski definition) is 5. The molecule has 19 heavy (non-hydrogen) atoms. The van der Waals surface area contributed by atoms with E-state index in [4.69, 9.17) is 11.6 Å². The van der Waals surface area contributed by atoms with E-state index < -0.39 is 4.92 Å². The summed E-state index contributed by atoms with van der Waals surface area (Å²) in [4.78, 5) is 16.1. The normalized spacial score (nSPS) is 11.7. The zero-order valence-electron chi connectivity index (χ0n) is 11.0. The Morgan fingerprint density at radius 1 is 1.58 bits per heavy atom. The molecule has 1 N–H and O–H groups in total. The average molecular weight is 285 g/mol. The smallest absolute Gasteiger partial charge is 0.253 e. The predicted molar refractivity (Wildman–Crippen MR) is 74.6 cm³/mol. The number of halogens is 1. The molecule has 1 aromatic heterocycles. The lowest BCUT2D eigenvalue weighted by Crippen LogP contribution is -2.27. The molecule has 0 saturated carbocycles. The molecule has 1 aromatic rings. The van der Waals surface area contributed by atoms with E-state index in [2.05, 4.69) is 10.3 Å². The quantitative estimate of drug-likeness (QED) is 0.467. The zero-order chi connectivity index (χ0) is 14.3. The fourth-order valence-corrected chi connectivity index (χ4v) is 1.56. The molecule has 0 amide bonds. The summed E-state index contributed by atoms with van der Waals surface area (Å²) in [5, 5.41) is 14.1. The number of nitrogens with one attached hydrogen (secondary N) is 1. The molecule has 0 atom stereocenters. The van der Waals surface area contributed by atoms with E-state index in [0.29, 0.717) is 23.8 Å². The first kappa shape index (κ1) is 15.4. The molecule has 1 rings (SSSR count). The van der Waals surface area contributed by atoms with Crippen molar-refractivity contribution in [1.29, 1.82) is 0 Å². The Hall–Kier alpha value is -1.66. The minimum absolute atomic E-state index is 0.407. The van der Waals surface area contributed by atoms with E-state index in [0.717, 1.165) is 18.3 Å². The first-order chi connectivity index (χ1) is 8.97. The van der Waals surface area contributed by atoms with Crippen LogP contribution in [-0.2, 0) is 6.42 Å². The number of hydrogen-bond donors (Lipinski definition) is 1. The van der Waals surface area contributed by atoms with Gasteiger partial charge in [0.15, 0.2) is 0 Å². The van der Waals surface area contributed by atoms with Crippen LogP contribution in [0, 0.1) is 10.1 Å². The Morgan fingerprint density at radius 3 is 2.84 bits per heavy atom. The second-order valence-electron chi connectivity index (χ2n) is 4.34. The molecule has 0 aliphatic rings. The second-order valence-corrected chi connectivity index (χ2v) is 4.72. The van der Waals surface area contributed by atoms with Crippen LogP contribution in [0.5, 0.6) is 0 Å². The Bertz CT molecular complexity index is 446. The van der Waals surface area contributed by atoms with Gasteiger partial charge in [0.25, 0.3) is 6.20 Å². The van der Waals surface area contributed by atoms with E-state index in [1.54, 1.807) is 18.3 Å². The summed E-state index contributed by atoms with van der Waals surface area (Å²) >= 11 is 5.70. The lowest BCUT2D eigenvalue weighted by atomic mass is 10.1. The summed E-state index contributed by atoms with van der Waals surface area (Å²) in [6.07, 6.45) is 3.03. The molecule has 0 bridgehead atoms. The maximum atomic E-state index is 10.6. The predicted octanol–water partition coefficient (Wildman–Crippen LogP) is 1.55. The largest absolute Gasteiger partial charge is 0.382 e. The van der Waals surface area contributed by atoms with Crippen molar-refractivity contribution in [2.75, 3.05) is 27.2 Å². The summed E-state index contributed by atoms with van der Waals surface area (Å²) in [5.41, 5.74) is 1.42. The van der Waals surface area contributed by atoms with Gasteiger partial charge in [0, 0.05) is 25.7 Å². The number of allylic oxidation sites excluding steroid dienone is 1. The molecule has 0 aromatic carbocycles. The third-order valence-electron chi connectivity index (χ3n) is 2.36. The first-order valence-corrected chi connectivity index (χ1v) is 6.18. The molecule has 0 aliphatic carbocycles. The molecular formula is C12H17ClN4O2. The van der Waals surface area contributed by atoms with Gasteiger partial charge in [-0.2, -0.15) is 0 Å². The van der Waals surface area contributed by atoms with Crippen molar-refractivity contribution in [2.45, 2.75) is 6.42 Å². The van der Waals surface area contributed by atoms with Crippen molar-refractivity contribution < 1.29 is 4.92 Å². The molecule has 0 spiro atoms. The third-order valence-corrected chi connectivity index (χ3v) is 2.58. The maximum absolute atomic E-state index is 10.6. The van der Waals surface area contributed by atoms with Crippen LogP contribution >= 0.6 is 11.6 Å². The molecule has 0 fully saturated rings. The van der Waals surface area contributed by atoms with Crippen LogP contribution in [-0.4, -0.2) is 42.0 Å². The van der Waals surface area contributed by atoms with E-state index in [1.165, 1.54) is 0 Å². The highest BCUT2D eigenvalue weighted by Gasteiger charge is 2.05. The van der Waals surface area contributed by atoms with Crippen molar-refractivity contribution in [1.82, 2.24) is 15.2 Å². The Morgan fingerprint density at radius 2 is 2.32 bits per heavy atom. The van der Waals surface area contributed by atoms with Gasteiger partial charge in [0.2, 0.25) is 0 Å². The van der Waals surface area contributed by atoms with Crippen molar-refractivity contribution in [2.24, 2.45) is 0 Å². The second kappa shape index (κ2) is 7.70. The molecule has 6 nitrogen and oxygen atoms in total. The third kappa shape index (κ3) is 6.73. The fourth-order valence-electron chi connectivity index (χ4n) is 1.45. The molecule has 0 unspecified atom stereocenters. The zero-order valence-corrected chi connectivity index (χ0v) is 11.7. The van der Waals surface area contributed by atoms with Crippen LogP contribution in [0.25, 0.3) is 0 Å². The fraction of sp³-hybridized carbons (Fsp3) is 0.417. The van der Waals surface area contributed by atoms with E-state index in [1.807, 2.05) is 19.0 Å². The van der Waals surface area contributed by atoms with Crippen molar-refractivity contribution >= 4 is 11.6 Å². The van der Waals surface area contributed by atoms with Gasteiger partial charge in [-0.05, 0) is 25.7 Å². The van der Waals surface area contributed by atoms with Gasteiger partial charge in [-0.1, -0.05) is 17.7 Å². The van der Waals surface area contributed by atoms with Gasteiger partial charge in [-0.15, -0.1) is 0 Å². The molecule has 0 aliphatic heterocycles. The maximum Gasteiger partial charge on any atom is 0.253 e. The Labute approximate surface area is 117 Å². The van der Waals surface area contributed by atoms with Crippen LogP contribution in [0.15, 0.2) is 30.2 Å². The lowest BCUT2D eigenvalue weighted by molar-refractivity contribution is -0.403. The molecule has 7 heteroatoms. The number of likely N-dealkylation sites (N-methyl/N-ethyl adjacent to an activating group) is 1. The Kier molecular flexibility index (Phi) is 6.24. The highest BCUT2D eigenvalue weighted by molar-refractivity contribution is 6.29. The molecule has 104 valence electrons. The van der Waals surface area contributed by atoms with Gasteiger partial charge in [0.1, 0.15) is 5.15 Å². The monoisotopic (exact) mass is 284 g/mol. The van der Waals surface area contributed by atoms with Crippen molar-refractivity contribution in [3.05, 3.63) is 51.1 Å². The van der Waals surface area contributed by atoms with Crippen LogP contribution in [0.4, 0.5) is 0 Å². The van der Waals surface area contributed by atoms with Crippen LogP contribution < -0.4 is 5.32 Å². The SMILES string of the molecule is CN(C)CCNC(=C[N+](=O)[O-])Cc1ccc(Cl)nc1. The summed E-state index contributed by atoms with van der Waals surface area (Å²) in [5.74, 6) is 0. The summed E-state index contributed by atoms with van der Waals surface area (Å²) in [6, 6.07) is 3.47. The molecule has 0 saturated heterocycles. The summed E-state index contributed by atoms with van der Waals surface area (Å²) in [6.45, 7) is 1.45. The van der Waals surface area contributed by atoms with Crippen molar-refractivity contribution in [3.63, 3.8) is 0 Å². The number of rotatable bonds is 7. The van der Waals surface area contributed by atoms with Gasteiger partial charge in [0.05, 0.1) is 10.6 Å². The van der Waals surface area contributed by atoms with Gasteiger partial charge in [-0.3, -0.25) is 10.1 Å². The number of nitro groups is 1. The minimum Gasteiger partial charge on any atom is -0.382 e. The number of aromatic nitrogens is 1. The highest BCUT2D eigenvalue weighted by Crippen LogP contribution is 2.09. The molecule has 0 radical (unpaired) electrons. The lowest BCUT2D eigenvalue weighted by Gasteiger charge is -2.12. The van der Waals surface area contributed by atoms with E-state index in [-0.39, 0.29) is 0 Å². The van der Waals surface area contributed by atoms with Gasteiger partial charge >= 0.3 is 0 Å². The van der Waals surface area contributed by atoms with E-state index >= 15 is 0 Å². The standard InChI is InChI=1S/C12H17ClN4O2/c1-16(2)6-5-14-11(9-17(18)19)7-10-3-4-12(13)15-8-10/h3-4,8-9,14H,5-7H2,1-2H3. The molecule has 1 heterocycles. The summed E-state index contributed by atoms with van der Waals surface area (Å²) in [7, 11) is 3.89. The van der Waals surface area contributed by atoms with E-state index in [9.17, 15) is 10.1 Å². The number of pyridine rings is 1. The molecular weight excluding hydrogens is 268 g/mol. The van der Waals surface area contributed by atoms with Gasteiger partial charge < -0.3 is 10.2 Å². The van der Waals surface area contributed by atoms with Crippen molar-refractivity contribution in [3.8, 4) is 0 Å². The Balaban J connectivity index is 2.64. The van der Waals surface area contributed by atoms with Crippen LogP contribution in [0.3, 0.4) is 0 Å². The van der Waals surface area contributed by atoms with Gasteiger partial charge in [-0.25, -0.2) is 4.98 Å². The topological polar surface area (TPSA) is 71.3 Å². The number of nitrogens with zero attached hydrogens (tertiary/aromatic N) is 3. The summed E-state index contributed by atoms with van der Waals surface area (Å²) < 4.78 is 0. The average Bonchev–Trinajstić information content (AvgIpc) is 2.30. The first-order valence-electron chi connectivity index (χ1n) is 5.80. The van der Waals surface area contributed by atoms with Crippen LogP contribution in [0.2, 0.25) is 5.15 Å².